The van der Waals surface area contributed by atoms with Gasteiger partial charge in [0, 0.05) is 17.1 Å². The van der Waals surface area contributed by atoms with Gasteiger partial charge in [-0.25, -0.2) is 4.79 Å². The molecule has 2 aromatic rings. The van der Waals surface area contributed by atoms with E-state index in [1.807, 2.05) is 36.4 Å². The lowest BCUT2D eigenvalue weighted by atomic mass is 9.98. The molecule has 1 atom stereocenters. The van der Waals surface area contributed by atoms with Crippen LogP contribution < -0.4 is 14.8 Å². The number of carbonyl (C=O) groups is 2. The van der Waals surface area contributed by atoms with Gasteiger partial charge < -0.3 is 19.5 Å². The first kappa shape index (κ1) is 26.7. The van der Waals surface area contributed by atoms with Gasteiger partial charge in [-0.2, -0.15) is 0 Å². The molecule has 3 rings (SSSR count). The van der Waals surface area contributed by atoms with E-state index in [1.54, 1.807) is 12.1 Å². The maximum Gasteiger partial charge on any atom is 0.344 e. The van der Waals surface area contributed by atoms with E-state index in [2.05, 4.69) is 33.0 Å². The van der Waals surface area contributed by atoms with Crippen molar-refractivity contribution < 1.29 is 23.8 Å². The normalized spacial score (nSPS) is 15.0. The lowest BCUT2D eigenvalue weighted by Crippen LogP contribution is -2.44. The third-order valence-electron chi connectivity index (χ3n) is 6.12. The summed E-state index contributed by atoms with van der Waals surface area (Å²) in [4.78, 5) is 25.0. The van der Waals surface area contributed by atoms with E-state index in [0.717, 1.165) is 44.1 Å². The molecule has 0 saturated heterocycles. The second kappa shape index (κ2) is 12.7. The topological polar surface area (TPSA) is 73.9 Å². The highest BCUT2D eigenvalue weighted by Crippen LogP contribution is 2.29. The van der Waals surface area contributed by atoms with E-state index in [4.69, 9.17) is 14.2 Å². The van der Waals surface area contributed by atoms with Gasteiger partial charge in [-0.05, 0) is 76.3 Å². The second-order valence-electron chi connectivity index (χ2n) is 10.3. The van der Waals surface area contributed by atoms with Crippen molar-refractivity contribution in [2.45, 2.75) is 84.4 Å². The zero-order valence-electron chi connectivity index (χ0n) is 21.5. The Morgan fingerprint density at radius 3 is 2.43 bits per heavy atom. The van der Waals surface area contributed by atoms with Crippen molar-refractivity contribution in [1.29, 1.82) is 0 Å². The molecular formula is C29H39NO5. The van der Waals surface area contributed by atoms with Gasteiger partial charge in [0.25, 0.3) is 0 Å². The fraction of sp³-hybridized carbons (Fsp3) is 0.517. The minimum Gasteiger partial charge on any atom is -0.482 e. The lowest BCUT2D eigenvalue weighted by Gasteiger charge is -2.28. The molecule has 6 nitrogen and oxygen atoms in total. The molecule has 190 valence electrons. The summed E-state index contributed by atoms with van der Waals surface area (Å²) >= 11 is 0. The summed E-state index contributed by atoms with van der Waals surface area (Å²) in [5.74, 6) is 0.336. The van der Waals surface area contributed by atoms with Gasteiger partial charge in [-0.3, -0.25) is 4.79 Å². The van der Waals surface area contributed by atoms with Crippen LogP contribution in [0.4, 0.5) is 0 Å². The summed E-state index contributed by atoms with van der Waals surface area (Å²) in [5.41, 5.74) is 1.79. The Morgan fingerprint density at radius 2 is 1.77 bits per heavy atom. The minimum absolute atomic E-state index is 0.00848. The maximum atomic E-state index is 12.7. The molecule has 1 saturated carbocycles. The Morgan fingerprint density at radius 1 is 1.06 bits per heavy atom. The van der Waals surface area contributed by atoms with Gasteiger partial charge in [0.05, 0.1) is 5.92 Å². The molecule has 35 heavy (non-hydrogen) atoms. The van der Waals surface area contributed by atoms with Crippen LogP contribution >= 0.6 is 0 Å². The van der Waals surface area contributed by atoms with E-state index in [0.29, 0.717) is 23.1 Å². The summed E-state index contributed by atoms with van der Waals surface area (Å²) in [5, 5.41) is 3.65. The minimum atomic E-state index is -0.479. The van der Waals surface area contributed by atoms with Crippen molar-refractivity contribution in [3.8, 4) is 11.5 Å². The number of ether oxygens (including phenoxy) is 3. The summed E-state index contributed by atoms with van der Waals surface area (Å²) in [6.45, 7) is 8.46. The molecule has 1 fully saturated rings. The van der Waals surface area contributed by atoms with Crippen LogP contribution in [0, 0.1) is 5.92 Å². The molecule has 0 heterocycles. The molecule has 1 aliphatic carbocycles. The molecule has 0 amide bonds. The van der Waals surface area contributed by atoms with Gasteiger partial charge in [0.15, 0.2) is 6.61 Å². The van der Waals surface area contributed by atoms with Gasteiger partial charge in [-0.1, -0.05) is 44.0 Å². The quantitative estimate of drug-likeness (QED) is 0.332. The number of benzene rings is 2. The molecule has 0 spiro atoms. The van der Waals surface area contributed by atoms with Gasteiger partial charge in [-0.15, -0.1) is 0 Å². The van der Waals surface area contributed by atoms with Crippen LogP contribution in [0.1, 0.15) is 70.9 Å². The van der Waals surface area contributed by atoms with E-state index >= 15 is 0 Å². The molecule has 0 radical (unpaired) electrons. The van der Waals surface area contributed by atoms with Gasteiger partial charge >= 0.3 is 11.9 Å². The number of esters is 2. The van der Waals surface area contributed by atoms with E-state index in [-0.39, 0.29) is 30.6 Å². The molecule has 6 heteroatoms. The highest BCUT2D eigenvalue weighted by atomic mass is 16.6. The van der Waals surface area contributed by atoms with Crippen LogP contribution in [0.25, 0.3) is 0 Å². The monoisotopic (exact) mass is 481 g/mol. The second-order valence-corrected chi connectivity index (χ2v) is 10.3. The van der Waals surface area contributed by atoms with Crippen molar-refractivity contribution in [3.05, 3.63) is 59.7 Å². The van der Waals surface area contributed by atoms with Crippen LogP contribution in [-0.4, -0.2) is 30.1 Å². The SMILES string of the molecule is CCC(Cc1ccc(OC(=O)C2CCCC2)c(COC(=O)COc2ccccc2)c1)NC(C)(C)C. The zero-order valence-corrected chi connectivity index (χ0v) is 21.5. The molecule has 1 N–H and O–H groups in total. The fourth-order valence-electron chi connectivity index (χ4n) is 4.38. The smallest absolute Gasteiger partial charge is 0.344 e. The van der Waals surface area contributed by atoms with E-state index < -0.39 is 5.97 Å². The van der Waals surface area contributed by atoms with Crippen LogP contribution in [0.5, 0.6) is 11.5 Å². The van der Waals surface area contributed by atoms with Gasteiger partial charge in [0.2, 0.25) is 0 Å². The molecule has 2 aromatic carbocycles. The summed E-state index contributed by atoms with van der Waals surface area (Å²) in [7, 11) is 0. The van der Waals surface area contributed by atoms with E-state index in [1.165, 1.54) is 0 Å². The standard InChI is InChI=1S/C29H39NO5/c1-5-24(30-29(2,3)4)18-21-15-16-26(35-28(32)22-11-9-10-12-22)23(17-21)19-34-27(31)20-33-25-13-7-6-8-14-25/h6-8,13-17,22,24,30H,5,9-12,18-20H2,1-4H3. The number of carbonyl (C=O) groups excluding carboxylic acids is 2. The highest BCUT2D eigenvalue weighted by Gasteiger charge is 2.25. The number of nitrogens with one attached hydrogen (secondary N) is 1. The van der Waals surface area contributed by atoms with Gasteiger partial charge in [0.1, 0.15) is 18.1 Å². The fourth-order valence-corrected chi connectivity index (χ4v) is 4.38. The first-order valence-corrected chi connectivity index (χ1v) is 12.7. The molecule has 0 bridgehead atoms. The largest absolute Gasteiger partial charge is 0.482 e. The summed E-state index contributed by atoms with van der Waals surface area (Å²) in [6, 6.07) is 15.2. The Balaban J connectivity index is 1.69. The number of rotatable bonds is 11. The van der Waals surface area contributed by atoms with E-state index in [9.17, 15) is 9.59 Å². The number of hydrogen-bond donors (Lipinski definition) is 1. The van der Waals surface area contributed by atoms with Crippen molar-refractivity contribution >= 4 is 11.9 Å². The summed E-state index contributed by atoms with van der Waals surface area (Å²) in [6.07, 6.45) is 5.66. The highest BCUT2D eigenvalue weighted by molar-refractivity contribution is 5.76. The average molecular weight is 482 g/mol. The third-order valence-corrected chi connectivity index (χ3v) is 6.12. The van der Waals surface area contributed by atoms with Crippen molar-refractivity contribution in [2.24, 2.45) is 5.92 Å². The number of hydrogen-bond acceptors (Lipinski definition) is 6. The molecular weight excluding hydrogens is 442 g/mol. The molecule has 0 aromatic heterocycles. The number of para-hydroxylation sites is 1. The van der Waals surface area contributed by atoms with Crippen LogP contribution in [-0.2, 0) is 27.4 Å². The average Bonchev–Trinajstić information content (AvgIpc) is 3.37. The van der Waals surface area contributed by atoms with Crippen molar-refractivity contribution in [2.75, 3.05) is 6.61 Å². The summed E-state index contributed by atoms with van der Waals surface area (Å²) < 4.78 is 16.8. The molecule has 1 unspecified atom stereocenters. The third kappa shape index (κ3) is 9.02. The van der Waals surface area contributed by atoms with Crippen LogP contribution in [0.3, 0.4) is 0 Å². The first-order valence-electron chi connectivity index (χ1n) is 12.7. The lowest BCUT2D eigenvalue weighted by molar-refractivity contribution is -0.147. The van der Waals surface area contributed by atoms with Crippen LogP contribution in [0.15, 0.2) is 48.5 Å². The van der Waals surface area contributed by atoms with Crippen molar-refractivity contribution in [1.82, 2.24) is 5.32 Å². The molecule has 0 aliphatic heterocycles. The zero-order chi connectivity index (χ0) is 25.3. The Hall–Kier alpha value is -2.86. The first-order chi connectivity index (χ1) is 16.7. The predicted molar refractivity (Wildman–Crippen MR) is 136 cm³/mol. The maximum absolute atomic E-state index is 12.7. The Bertz CT molecular complexity index is 961. The molecule has 1 aliphatic rings. The van der Waals surface area contributed by atoms with Crippen LogP contribution in [0.2, 0.25) is 0 Å². The van der Waals surface area contributed by atoms with Crippen molar-refractivity contribution in [3.63, 3.8) is 0 Å². The Kier molecular flexibility index (Phi) is 9.73. The predicted octanol–water partition coefficient (Wildman–Crippen LogP) is 5.61. The Labute approximate surface area is 209 Å².